The van der Waals surface area contributed by atoms with Crippen molar-refractivity contribution in [3.63, 3.8) is 0 Å². The molecule has 0 N–H and O–H groups in total. The molecule has 0 saturated carbocycles. The van der Waals surface area contributed by atoms with E-state index in [1.807, 2.05) is 0 Å². The van der Waals surface area contributed by atoms with Crippen LogP contribution in [-0.4, -0.2) is 34.7 Å². The summed E-state index contributed by atoms with van der Waals surface area (Å²) in [5, 5.41) is 0. The average molecular weight is 255 g/mol. The van der Waals surface area contributed by atoms with Gasteiger partial charge in [0.15, 0.2) is 34.7 Å². The van der Waals surface area contributed by atoms with Crippen LogP contribution < -0.4 is 0 Å². The molecule has 0 rings (SSSR count). The topological polar surface area (TPSA) is 17.1 Å². The van der Waals surface area contributed by atoms with E-state index in [1.54, 1.807) is 0 Å². The van der Waals surface area contributed by atoms with Gasteiger partial charge in [-0.2, -0.15) is 0 Å². The summed E-state index contributed by atoms with van der Waals surface area (Å²) in [6.45, 7) is 0. The van der Waals surface area contributed by atoms with Crippen LogP contribution in [0.4, 0.5) is 0 Å². The van der Waals surface area contributed by atoms with Gasteiger partial charge in [-0.25, -0.2) is 0 Å². The average Bonchev–Trinajstić information content (AvgIpc) is 1.00. The molecule has 0 amide bonds. The molecule has 0 aromatic rings. The van der Waals surface area contributed by atoms with Crippen molar-refractivity contribution in [3.05, 3.63) is 0 Å². The Balaban J connectivity index is -0.00000000500. The second-order valence-corrected chi connectivity index (χ2v) is 0. The van der Waals surface area contributed by atoms with Gasteiger partial charge in [0.05, 0.1) is 0 Å². The number of rotatable bonds is 0. The normalized spacial score (nSPS) is 0.750. The van der Waals surface area contributed by atoms with Crippen molar-refractivity contribution < 1.29 is 27.2 Å². The Morgan fingerprint density at radius 2 is 1.00 bits per heavy atom. The van der Waals surface area contributed by atoms with E-state index < -0.39 is 0 Å². The van der Waals surface area contributed by atoms with Crippen LogP contribution in [0, 0.1) is 0 Å². The predicted octanol–water partition coefficient (Wildman–Crippen LogP) is -2.49. The van der Waals surface area contributed by atoms with Gasteiger partial charge in [0, 0.05) is 0 Å². The van der Waals surface area contributed by atoms with E-state index in [0.717, 1.165) is 0 Å². The first-order valence-electron chi connectivity index (χ1n) is 0.204. The molecule has 0 bridgehead atoms. The van der Waals surface area contributed by atoms with Gasteiger partial charge in [0.1, 0.15) is 0 Å². The molecule has 0 aliphatic heterocycles. The van der Waals surface area contributed by atoms with Crippen molar-refractivity contribution in [1.82, 2.24) is 0 Å². The van der Waals surface area contributed by atoms with E-state index in [0.29, 0.717) is 0 Å². The maximum absolute atomic E-state index is 8.39. The third-order valence-electron chi connectivity index (χ3n) is 0. The maximum atomic E-state index is 8.39. The van der Waals surface area contributed by atoms with Gasteiger partial charge in [-0.1, -0.05) is 0 Å². The molecule has 0 spiro atoms. The molecule has 0 saturated heterocycles. The molecule has 0 fully saturated rings. The van der Waals surface area contributed by atoms with Gasteiger partial charge in [-0.15, -0.1) is 0 Å². The summed E-state index contributed by atoms with van der Waals surface area (Å²) < 4.78 is 8.39. The van der Waals surface area contributed by atoms with E-state index in [1.165, 1.54) is 0 Å². The van der Waals surface area contributed by atoms with Crippen molar-refractivity contribution in [2.75, 3.05) is 0 Å². The zero-order chi connectivity index (χ0) is 2.00. The van der Waals surface area contributed by atoms with Gasteiger partial charge < -0.3 is 0 Å². The third-order valence-corrected chi connectivity index (χ3v) is 0. The van der Waals surface area contributed by atoms with Crippen LogP contribution in [-0.2, 0) is 27.2 Å². The first-order valence-corrected chi connectivity index (χ1v) is 1.67. The number of hydrogen-bond acceptors (Lipinski definition) is 1. The van der Waals surface area contributed by atoms with Crippen LogP contribution in [0.2, 0.25) is 0 Å². The molecule has 0 aromatic heterocycles. The van der Waals surface area contributed by atoms with E-state index in [2.05, 4.69) is 0 Å². The van der Waals surface area contributed by atoms with E-state index in [9.17, 15) is 0 Å². The molecular formula is H6Al2HfO. The van der Waals surface area contributed by atoms with Crippen LogP contribution in [0.25, 0.3) is 0 Å². The Bertz CT molecular complexity index is 6.00. The summed E-state index contributed by atoms with van der Waals surface area (Å²) in [5.74, 6) is 0. The van der Waals surface area contributed by atoms with Crippen LogP contribution in [0.15, 0.2) is 0 Å². The first kappa shape index (κ1) is 17.2. The molecule has 1 nitrogen and oxygen atoms in total. The summed E-state index contributed by atoms with van der Waals surface area (Å²) in [6, 6.07) is 0. The molecule has 0 aliphatic rings. The minimum absolute atomic E-state index is 0. The Morgan fingerprint density at radius 1 is 1.00 bits per heavy atom. The van der Waals surface area contributed by atoms with Crippen LogP contribution in [0.5, 0.6) is 0 Å². The predicted molar refractivity (Wildman–Crippen MR) is 20.6 cm³/mol. The molecule has 0 heterocycles. The van der Waals surface area contributed by atoms with Crippen LogP contribution in [0.1, 0.15) is 0 Å². The molecule has 0 radical (unpaired) electrons. The summed E-state index contributed by atoms with van der Waals surface area (Å²) in [6.07, 6.45) is 0. The zero-order valence-electron chi connectivity index (χ0n) is 0.908. The van der Waals surface area contributed by atoms with Gasteiger partial charge in [-0.05, 0) is 0 Å². The zero-order valence-corrected chi connectivity index (χ0v) is 4.50. The van der Waals surface area contributed by atoms with Gasteiger partial charge in [-0.3, -0.25) is 0 Å². The SMILES string of the molecule is [AlH3].[AlH3].[O]=[Hf]. The van der Waals surface area contributed by atoms with Gasteiger partial charge >= 0.3 is 27.2 Å². The van der Waals surface area contributed by atoms with Crippen molar-refractivity contribution in [3.8, 4) is 0 Å². The summed E-state index contributed by atoms with van der Waals surface area (Å²) >= 11 is 0.0556. The standard InChI is InChI=1S/2Al.Hf.O.6H. The van der Waals surface area contributed by atoms with E-state index >= 15 is 0 Å². The Kier molecular flexibility index (Phi) is 94.3. The minimum atomic E-state index is 0. The summed E-state index contributed by atoms with van der Waals surface area (Å²) in [7, 11) is 0. The van der Waals surface area contributed by atoms with Crippen LogP contribution >= 0.6 is 0 Å². The molecule has 0 atom stereocenters. The van der Waals surface area contributed by atoms with E-state index in [4.69, 9.17) is 2.85 Å². The van der Waals surface area contributed by atoms with Gasteiger partial charge in [0.2, 0.25) is 0 Å². The van der Waals surface area contributed by atoms with E-state index in [-0.39, 0.29) is 59.1 Å². The molecule has 4 heteroatoms. The Morgan fingerprint density at radius 3 is 1.00 bits per heavy atom. The summed E-state index contributed by atoms with van der Waals surface area (Å²) in [4.78, 5) is 0. The third kappa shape index (κ3) is 9.28. The molecule has 22 valence electrons. The molecule has 0 unspecified atom stereocenters. The molecular weight excluding hydrogens is 248 g/mol. The Labute approximate surface area is 61.4 Å². The number of hydrogen-bond donors (Lipinski definition) is 0. The quantitative estimate of drug-likeness (QED) is 0.437. The van der Waals surface area contributed by atoms with Crippen LogP contribution in [0.3, 0.4) is 0 Å². The monoisotopic (exact) mass is 256 g/mol. The molecule has 4 heavy (non-hydrogen) atoms. The summed E-state index contributed by atoms with van der Waals surface area (Å²) in [5.41, 5.74) is 0. The molecule has 0 aliphatic carbocycles. The fourth-order valence-electron chi connectivity index (χ4n) is 0. The van der Waals surface area contributed by atoms with Crippen molar-refractivity contribution >= 4 is 34.7 Å². The molecule has 0 aromatic carbocycles. The Hall–Kier alpha value is 1.74. The fourth-order valence-corrected chi connectivity index (χ4v) is 0. The fraction of sp³-hybridized carbons (Fsp3) is 0. The second kappa shape index (κ2) is 21.9. The second-order valence-electron chi connectivity index (χ2n) is 0. The van der Waals surface area contributed by atoms with Crippen molar-refractivity contribution in [1.29, 1.82) is 0 Å². The first-order chi connectivity index (χ1) is 1.00. The van der Waals surface area contributed by atoms with Crippen molar-refractivity contribution in [2.24, 2.45) is 0 Å². The van der Waals surface area contributed by atoms with Crippen molar-refractivity contribution in [2.45, 2.75) is 0 Å². The van der Waals surface area contributed by atoms with Gasteiger partial charge in [0.25, 0.3) is 0 Å².